The fourth-order valence-electron chi connectivity index (χ4n) is 2.79. The van der Waals surface area contributed by atoms with Crippen LogP contribution in [0.1, 0.15) is 32.8 Å². The van der Waals surface area contributed by atoms with Gasteiger partial charge in [0.2, 0.25) is 0 Å². The molecule has 0 radical (unpaired) electrons. The minimum atomic E-state index is -0.176. The standard InChI is InChI=1S/C21H27BrN2O2/c1-4-7-16-8-13-20(19(22)14-16)26-15-21(25)23-17-9-11-18(12-10-17)24(5-2)6-3/h8-14H,4-7,15H2,1-3H3,(H,23,25). The van der Waals surface area contributed by atoms with Gasteiger partial charge in [0.1, 0.15) is 5.75 Å². The molecule has 0 fully saturated rings. The predicted molar refractivity (Wildman–Crippen MR) is 112 cm³/mol. The Morgan fingerprint density at radius 2 is 1.77 bits per heavy atom. The highest BCUT2D eigenvalue weighted by atomic mass is 79.9. The Labute approximate surface area is 164 Å². The fraction of sp³-hybridized carbons (Fsp3) is 0.381. The first-order chi connectivity index (χ1) is 12.6. The van der Waals surface area contributed by atoms with E-state index in [1.807, 2.05) is 42.5 Å². The molecule has 1 N–H and O–H groups in total. The number of nitrogens with zero attached hydrogens (tertiary/aromatic N) is 1. The van der Waals surface area contributed by atoms with Gasteiger partial charge in [0, 0.05) is 24.5 Å². The second kappa shape index (κ2) is 10.2. The summed E-state index contributed by atoms with van der Waals surface area (Å²) in [5.41, 5.74) is 3.18. The van der Waals surface area contributed by atoms with Gasteiger partial charge in [-0.3, -0.25) is 4.79 Å². The van der Waals surface area contributed by atoms with E-state index in [0.29, 0.717) is 5.75 Å². The van der Waals surface area contributed by atoms with E-state index in [1.54, 1.807) is 0 Å². The number of nitrogens with one attached hydrogen (secondary N) is 1. The zero-order valence-corrected chi connectivity index (χ0v) is 17.3. The van der Waals surface area contributed by atoms with E-state index >= 15 is 0 Å². The first kappa shape index (κ1) is 20.3. The Hall–Kier alpha value is -2.01. The SMILES string of the molecule is CCCc1ccc(OCC(=O)Nc2ccc(N(CC)CC)cc2)c(Br)c1. The van der Waals surface area contributed by atoms with Crippen LogP contribution in [0.5, 0.6) is 5.75 Å². The minimum Gasteiger partial charge on any atom is -0.483 e. The Balaban J connectivity index is 1.89. The number of anilines is 2. The molecule has 1 amide bonds. The molecule has 0 unspecified atom stereocenters. The molecule has 0 saturated carbocycles. The van der Waals surface area contributed by atoms with Gasteiger partial charge in [-0.15, -0.1) is 0 Å². The average molecular weight is 419 g/mol. The first-order valence-electron chi connectivity index (χ1n) is 9.13. The minimum absolute atomic E-state index is 0.0243. The molecule has 0 spiro atoms. The first-order valence-corrected chi connectivity index (χ1v) is 9.92. The molecule has 0 aliphatic carbocycles. The number of hydrogen-bond acceptors (Lipinski definition) is 3. The summed E-state index contributed by atoms with van der Waals surface area (Å²) in [4.78, 5) is 14.4. The van der Waals surface area contributed by atoms with E-state index in [9.17, 15) is 4.79 Å². The quantitative estimate of drug-likeness (QED) is 0.603. The zero-order chi connectivity index (χ0) is 18.9. The maximum absolute atomic E-state index is 12.1. The monoisotopic (exact) mass is 418 g/mol. The lowest BCUT2D eigenvalue weighted by atomic mass is 10.1. The summed E-state index contributed by atoms with van der Waals surface area (Å²) in [6.07, 6.45) is 2.13. The summed E-state index contributed by atoms with van der Waals surface area (Å²) in [7, 11) is 0. The lowest BCUT2D eigenvalue weighted by Crippen LogP contribution is -2.22. The molecule has 0 atom stereocenters. The predicted octanol–water partition coefficient (Wildman–Crippen LogP) is 5.27. The van der Waals surface area contributed by atoms with Gasteiger partial charge in [0.15, 0.2) is 6.61 Å². The Kier molecular flexibility index (Phi) is 7.98. The van der Waals surface area contributed by atoms with E-state index in [4.69, 9.17) is 4.74 Å². The van der Waals surface area contributed by atoms with Crippen LogP contribution < -0.4 is 15.0 Å². The third-order valence-electron chi connectivity index (χ3n) is 4.17. The van der Waals surface area contributed by atoms with E-state index in [2.05, 4.69) is 46.9 Å². The topological polar surface area (TPSA) is 41.6 Å². The van der Waals surface area contributed by atoms with Crippen molar-refractivity contribution >= 4 is 33.2 Å². The van der Waals surface area contributed by atoms with Crippen molar-refractivity contribution in [1.82, 2.24) is 0 Å². The van der Waals surface area contributed by atoms with Gasteiger partial charge in [-0.2, -0.15) is 0 Å². The number of ether oxygens (including phenoxy) is 1. The van der Waals surface area contributed by atoms with Gasteiger partial charge in [0.05, 0.1) is 4.47 Å². The van der Waals surface area contributed by atoms with Crippen LogP contribution in [0.3, 0.4) is 0 Å². The van der Waals surface area contributed by atoms with Crippen LogP contribution in [0.4, 0.5) is 11.4 Å². The molecular weight excluding hydrogens is 392 g/mol. The van der Waals surface area contributed by atoms with Crippen molar-refractivity contribution in [3.05, 3.63) is 52.5 Å². The highest BCUT2D eigenvalue weighted by Gasteiger charge is 2.08. The molecular formula is C21H27BrN2O2. The number of halogens is 1. The molecule has 0 aliphatic heterocycles. The second-order valence-electron chi connectivity index (χ2n) is 6.07. The van der Waals surface area contributed by atoms with Crippen LogP contribution in [0.25, 0.3) is 0 Å². The average Bonchev–Trinajstić information content (AvgIpc) is 2.64. The van der Waals surface area contributed by atoms with Crippen molar-refractivity contribution in [3.63, 3.8) is 0 Å². The number of hydrogen-bond donors (Lipinski definition) is 1. The van der Waals surface area contributed by atoms with Crippen LogP contribution in [0, 0.1) is 0 Å². The normalized spacial score (nSPS) is 10.5. The number of rotatable bonds is 9. The maximum Gasteiger partial charge on any atom is 0.262 e. The molecule has 0 aromatic heterocycles. The van der Waals surface area contributed by atoms with Crippen LogP contribution in [-0.2, 0) is 11.2 Å². The summed E-state index contributed by atoms with van der Waals surface area (Å²) in [5.74, 6) is 0.502. The van der Waals surface area contributed by atoms with Crippen molar-refractivity contribution in [3.8, 4) is 5.75 Å². The van der Waals surface area contributed by atoms with Gasteiger partial charge in [-0.05, 0) is 78.2 Å². The molecule has 2 aromatic rings. The molecule has 26 heavy (non-hydrogen) atoms. The van der Waals surface area contributed by atoms with E-state index in [1.165, 1.54) is 5.56 Å². The van der Waals surface area contributed by atoms with Gasteiger partial charge in [0.25, 0.3) is 5.91 Å². The van der Waals surface area contributed by atoms with Crippen LogP contribution in [-0.4, -0.2) is 25.6 Å². The van der Waals surface area contributed by atoms with Crippen LogP contribution in [0.15, 0.2) is 46.9 Å². The van der Waals surface area contributed by atoms with E-state index in [0.717, 1.165) is 41.8 Å². The highest BCUT2D eigenvalue weighted by molar-refractivity contribution is 9.10. The molecule has 0 aliphatic rings. The highest BCUT2D eigenvalue weighted by Crippen LogP contribution is 2.26. The summed E-state index contributed by atoms with van der Waals surface area (Å²) in [6, 6.07) is 13.9. The molecule has 2 aromatic carbocycles. The maximum atomic E-state index is 12.1. The Bertz CT molecular complexity index is 712. The molecule has 5 heteroatoms. The van der Waals surface area contributed by atoms with Crippen molar-refractivity contribution in [1.29, 1.82) is 0 Å². The molecule has 140 valence electrons. The second-order valence-corrected chi connectivity index (χ2v) is 6.93. The fourth-order valence-corrected chi connectivity index (χ4v) is 3.33. The van der Waals surface area contributed by atoms with Gasteiger partial charge >= 0.3 is 0 Å². The smallest absolute Gasteiger partial charge is 0.262 e. The molecule has 0 heterocycles. The van der Waals surface area contributed by atoms with Gasteiger partial charge in [-0.25, -0.2) is 0 Å². The van der Waals surface area contributed by atoms with Crippen molar-refractivity contribution in [2.75, 3.05) is 29.9 Å². The van der Waals surface area contributed by atoms with Gasteiger partial charge < -0.3 is 15.0 Å². The molecule has 0 bridgehead atoms. The lowest BCUT2D eigenvalue weighted by Gasteiger charge is -2.21. The Morgan fingerprint density at radius 1 is 1.08 bits per heavy atom. The third-order valence-corrected chi connectivity index (χ3v) is 4.79. The lowest BCUT2D eigenvalue weighted by molar-refractivity contribution is -0.118. The van der Waals surface area contributed by atoms with Crippen molar-refractivity contribution in [2.45, 2.75) is 33.6 Å². The number of carbonyl (C=O) groups excluding carboxylic acids is 1. The summed E-state index contributed by atoms with van der Waals surface area (Å²) >= 11 is 3.51. The van der Waals surface area contributed by atoms with Gasteiger partial charge in [-0.1, -0.05) is 19.4 Å². The molecule has 2 rings (SSSR count). The summed E-state index contributed by atoms with van der Waals surface area (Å²) in [5, 5.41) is 2.87. The largest absolute Gasteiger partial charge is 0.483 e. The number of carbonyl (C=O) groups is 1. The summed E-state index contributed by atoms with van der Waals surface area (Å²) in [6.45, 7) is 8.30. The third kappa shape index (κ3) is 5.77. The van der Waals surface area contributed by atoms with Crippen LogP contribution in [0.2, 0.25) is 0 Å². The van der Waals surface area contributed by atoms with E-state index in [-0.39, 0.29) is 12.5 Å². The Morgan fingerprint density at radius 3 is 2.35 bits per heavy atom. The zero-order valence-electron chi connectivity index (χ0n) is 15.7. The van der Waals surface area contributed by atoms with Crippen LogP contribution >= 0.6 is 15.9 Å². The number of aryl methyl sites for hydroxylation is 1. The number of benzene rings is 2. The number of amides is 1. The molecule has 0 saturated heterocycles. The van der Waals surface area contributed by atoms with Crippen molar-refractivity contribution in [2.24, 2.45) is 0 Å². The van der Waals surface area contributed by atoms with E-state index < -0.39 is 0 Å². The van der Waals surface area contributed by atoms with Crippen molar-refractivity contribution < 1.29 is 9.53 Å². The molecule has 4 nitrogen and oxygen atoms in total. The summed E-state index contributed by atoms with van der Waals surface area (Å²) < 4.78 is 6.51.